The van der Waals surface area contributed by atoms with Crippen LogP contribution in [-0.2, 0) is 10.0 Å². The van der Waals surface area contributed by atoms with Crippen LogP contribution in [0, 0.1) is 6.92 Å². The van der Waals surface area contributed by atoms with Crippen molar-refractivity contribution in [3.63, 3.8) is 0 Å². The van der Waals surface area contributed by atoms with E-state index in [2.05, 4.69) is 0 Å². The van der Waals surface area contributed by atoms with Crippen molar-refractivity contribution in [2.75, 3.05) is 19.4 Å². The molecule has 0 amide bonds. The molecule has 1 saturated heterocycles. The molecular formula is C17H25NO4S. The van der Waals surface area contributed by atoms with Crippen molar-refractivity contribution in [2.45, 2.75) is 45.6 Å². The first kappa shape index (κ1) is 17.9. The molecule has 1 unspecified atom stereocenters. The maximum atomic E-state index is 12.8. The van der Waals surface area contributed by atoms with E-state index in [0.717, 1.165) is 24.2 Å². The van der Waals surface area contributed by atoms with E-state index in [4.69, 9.17) is 4.74 Å². The normalized spacial score (nSPS) is 19.0. The monoisotopic (exact) mass is 339 g/mol. The molecule has 0 radical (unpaired) electrons. The quantitative estimate of drug-likeness (QED) is 0.717. The predicted octanol–water partition coefficient (Wildman–Crippen LogP) is 2.78. The molecule has 0 spiro atoms. The summed E-state index contributed by atoms with van der Waals surface area (Å²) in [6.07, 6.45) is 2.77. The van der Waals surface area contributed by atoms with Crippen LogP contribution >= 0.6 is 0 Å². The van der Waals surface area contributed by atoms with Gasteiger partial charge in [0.2, 0.25) is 10.0 Å². The van der Waals surface area contributed by atoms with Gasteiger partial charge in [0.05, 0.1) is 18.9 Å². The molecule has 0 aromatic heterocycles. The number of carbonyl (C=O) groups excluding carboxylic acids is 1. The minimum Gasteiger partial charge on any atom is -0.496 e. The van der Waals surface area contributed by atoms with Gasteiger partial charge in [0.25, 0.3) is 0 Å². The topological polar surface area (TPSA) is 63.7 Å². The number of aryl methyl sites for hydroxylation is 1. The highest BCUT2D eigenvalue weighted by Gasteiger charge is 2.38. The molecule has 2 rings (SSSR count). The van der Waals surface area contributed by atoms with Gasteiger partial charge in [-0.2, -0.15) is 4.31 Å². The van der Waals surface area contributed by atoms with E-state index in [-0.39, 0.29) is 11.5 Å². The Hall–Kier alpha value is -1.40. The average Bonchev–Trinajstić information content (AvgIpc) is 3.02. The minimum absolute atomic E-state index is 0.117. The van der Waals surface area contributed by atoms with Crippen molar-refractivity contribution in [3.05, 3.63) is 29.3 Å². The summed E-state index contributed by atoms with van der Waals surface area (Å²) >= 11 is 0. The van der Waals surface area contributed by atoms with Crippen LogP contribution in [0.3, 0.4) is 0 Å². The predicted molar refractivity (Wildman–Crippen MR) is 90.5 cm³/mol. The maximum absolute atomic E-state index is 12.8. The van der Waals surface area contributed by atoms with E-state index in [1.54, 1.807) is 25.3 Å². The van der Waals surface area contributed by atoms with E-state index >= 15 is 0 Å². The van der Waals surface area contributed by atoms with Crippen LogP contribution in [-0.4, -0.2) is 44.0 Å². The fourth-order valence-electron chi connectivity index (χ4n) is 3.00. The highest BCUT2D eigenvalue weighted by Crippen LogP contribution is 2.27. The summed E-state index contributed by atoms with van der Waals surface area (Å²) in [7, 11) is -1.77. The second-order valence-corrected chi connectivity index (χ2v) is 8.03. The molecule has 1 aliphatic rings. The summed E-state index contributed by atoms with van der Waals surface area (Å²) in [6, 6.07) is 4.68. The Kier molecular flexibility index (Phi) is 5.81. The fourth-order valence-corrected chi connectivity index (χ4v) is 4.89. The number of ether oxygens (including phenoxy) is 1. The number of nitrogens with zero attached hydrogens (tertiary/aromatic N) is 1. The van der Waals surface area contributed by atoms with Crippen LogP contribution in [0.2, 0.25) is 0 Å². The van der Waals surface area contributed by atoms with Crippen molar-refractivity contribution >= 4 is 15.8 Å². The lowest BCUT2D eigenvalue weighted by molar-refractivity contribution is 0.0918. The third kappa shape index (κ3) is 3.93. The van der Waals surface area contributed by atoms with Crippen molar-refractivity contribution in [3.8, 4) is 5.75 Å². The van der Waals surface area contributed by atoms with E-state index in [0.29, 0.717) is 24.9 Å². The lowest BCUT2D eigenvalue weighted by atomic mass is 10.0. The summed E-state index contributed by atoms with van der Waals surface area (Å²) in [5.74, 6) is 0.725. The van der Waals surface area contributed by atoms with E-state index in [1.807, 2.05) is 13.8 Å². The molecule has 0 aliphatic carbocycles. The molecule has 128 valence electrons. The van der Waals surface area contributed by atoms with Crippen LogP contribution in [0.1, 0.15) is 48.5 Å². The van der Waals surface area contributed by atoms with Crippen molar-refractivity contribution in [2.24, 2.45) is 0 Å². The molecule has 5 nitrogen and oxygen atoms in total. The van der Waals surface area contributed by atoms with Gasteiger partial charge in [-0.15, -0.1) is 0 Å². The Morgan fingerprint density at radius 3 is 2.74 bits per heavy atom. The van der Waals surface area contributed by atoms with Gasteiger partial charge >= 0.3 is 0 Å². The minimum atomic E-state index is -3.36. The molecule has 0 N–H and O–H groups in total. The highest BCUT2D eigenvalue weighted by atomic mass is 32.2. The zero-order chi connectivity index (χ0) is 17.0. The first-order valence-electron chi connectivity index (χ1n) is 8.09. The second kappa shape index (κ2) is 7.45. The molecule has 1 heterocycles. The fraction of sp³-hybridized carbons (Fsp3) is 0.588. The highest BCUT2D eigenvalue weighted by molar-refractivity contribution is 7.89. The van der Waals surface area contributed by atoms with Crippen LogP contribution in [0.15, 0.2) is 18.2 Å². The first-order valence-corrected chi connectivity index (χ1v) is 9.70. The number of ketones is 1. The third-order valence-corrected chi connectivity index (χ3v) is 6.26. The third-order valence-electron chi connectivity index (χ3n) is 4.30. The number of methoxy groups -OCH3 is 1. The molecule has 1 aromatic carbocycles. The summed E-state index contributed by atoms with van der Waals surface area (Å²) in [5.41, 5.74) is 1.42. The SMILES string of the molecule is CCCCS(=O)(=O)N1CCCC1C(=O)c1ccc(OC)c(C)c1. The number of benzene rings is 1. The van der Waals surface area contributed by atoms with Gasteiger partial charge in [-0.3, -0.25) is 4.79 Å². The molecule has 23 heavy (non-hydrogen) atoms. The van der Waals surface area contributed by atoms with Gasteiger partial charge < -0.3 is 4.74 Å². The summed E-state index contributed by atoms with van der Waals surface area (Å²) in [5, 5.41) is 0. The van der Waals surface area contributed by atoms with Crippen molar-refractivity contribution < 1.29 is 17.9 Å². The number of hydrogen-bond acceptors (Lipinski definition) is 4. The Morgan fingerprint density at radius 2 is 2.13 bits per heavy atom. The molecule has 6 heteroatoms. The zero-order valence-corrected chi connectivity index (χ0v) is 14.9. The number of sulfonamides is 1. The molecule has 1 aromatic rings. The number of hydrogen-bond donors (Lipinski definition) is 0. The standard InChI is InChI=1S/C17H25NO4S/c1-4-5-11-23(20,21)18-10-6-7-15(18)17(19)14-8-9-16(22-3)13(2)12-14/h8-9,12,15H,4-7,10-11H2,1-3H3. The number of unbranched alkanes of at least 4 members (excludes halogenated alkanes) is 1. The van der Waals surface area contributed by atoms with Gasteiger partial charge in [-0.1, -0.05) is 13.3 Å². The van der Waals surface area contributed by atoms with Crippen LogP contribution in [0.25, 0.3) is 0 Å². The van der Waals surface area contributed by atoms with Gasteiger partial charge in [0, 0.05) is 12.1 Å². The number of carbonyl (C=O) groups is 1. The van der Waals surface area contributed by atoms with E-state index in [1.165, 1.54) is 4.31 Å². The van der Waals surface area contributed by atoms with Gasteiger partial charge in [0.1, 0.15) is 5.75 Å². The smallest absolute Gasteiger partial charge is 0.214 e. The molecular weight excluding hydrogens is 314 g/mol. The Morgan fingerprint density at radius 1 is 1.39 bits per heavy atom. The van der Waals surface area contributed by atoms with Crippen LogP contribution in [0.4, 0.5) is 0 Å². The molecule has 0 saturated carbocycles. The van der Waals surface area contributed by atoms with Crippen molar-refractivity contribution in [1.29, 1.82) is 0 Å². The van der Waals surface area contributed by atoms with Crippen LogP contribution < -0.4 is 4.74 Å². The van der Waals surface area contributed by atoms with E-state index in [9.17, 15) is 13.2 Å². The largest absolute Gasteiger partial charge is 0.496 e. The Bertz CT molecular complexity index is 669. The zero-order valence-electron chi connectivity index (χ0n) is 14.0. The van der Waals surface area contributed by atoms with Gasteiger partial charge in [0.15, 0.2) is 5.78 Å². The van der Waals surface area contributed by atoms with Crippen molar-refractivity contribution in [1.82, 2.24) is 4.31 Å². The number of Topliss-reactive ketones (excluding diaryl/α,β-unsaturated/α-hetero) is 1. The first-order chi connectivity index (χ1) is 10.9. The summed E-state index contributed by atoms with van der Waals surface area (Å²) in [6.45, 7) is 4.28. The summed E-state index contributed by atoms with van der Waals surface area (Å²) in [4.78, 5) is 12.8. The van der Waals surface area contributed by atoms with Crippen LogP contribution in [0.5, 0.6) is 5.75 Å². The maximum Gasteiger partial charge on any atom is 0.214 e. The molecule has 1 aliphatic heterocycles. The second-order valence-electron chi connectivity index (χ2n) is 5.99. The number of rotatable bonds is 7. The molecule has 1 fully saturated rings. The van der Waals surface area contributed by atoms with Gasteiger partial charge in [-0.05, 0) is 49.9 Å². The summed E-state index contributed by atoms with van der Waals surface area (Å²) < 4.78 is 31.5. The molecule has 1 atom stereocenters. The van der Waals surface area contributed by atoms with E-state index < -0.39 is 16.1 Å². The average molecular weight is 339 g/mol. The lowest BCUT2D eigenvalue weighted by Crippen LogP contribution is -2.41. The molecule has 0 bridgehead atoms. The Labute approximate surface area is 138 Å². The Balaban J connectivity index is 2.22. The lowest BCUT2D eigenvalue weighted by Gasteiger charge is -2.23. The van der Waals surface area contributed by atoms with Gasteiger partial charge in [-0.25, -0.2) is 8.42 Å².